The van der Waals surface area contributed by atoms with Crippen molar-refractivity contribution in [1.82, 2.24) is 4.90 Å². The summed E-state index contributed by atoms with van der Waals surface area (Å²) in [5.74, 6) is -1.46. The van der Waals surface area contributed by atoms with Crippen molar-refractivity contribution in [3.05, 3.63) is 58.9 Å². The van der Waals surface area contributed by atoms with Crippen LogP contribution in [0.15, 0.2) is 36.4 Å². The second kappa shape index (κ2) is 7.35. The number of aryl methyl sites for hydroxylation is 1. The Morgan fingerprint density at radius 3 is 2.52 bits per heavy atom. The van der Waals surface area contributed by atoms with Crippen LogP contribution in [0, 0.1) is 12.7 Å². The maximum absolute atomic E-state index is 14.8. The van der Waals surface area contributed by atoms with E-state index in [9.17, 15) is 18.8 Å². The number of cyclic esters (lactones) is 1. The number of imide groups is 1. The van der Waals surface area contributed by atoms with Crippen LogP contribution in [0.1, 0.15) is 26.3 Å². The first-order chi connectivity index (χ1) is 15.0. The van der Waals surface area contributed by atoms with E-state index < -0.39 is 30.0 Å². The highest BCUT2D eigenvalue weighted by Gasteiger charge is 2.47. The van der Waals surface area contributed by atoms with E-state index >= 15 is 0 Å². The minimum atomic E-state index is -1.08. The molecule has 0 aliphatic carbocycles. The van der Waals surface area contributed by atoms with E-state index in [4.69, 9.17) is 9.47 Å². The first kappa shape index (κ1) is 19.5. The van der Waals surface area contributed by atoms with Crippen molar-refractivity contribution in [2.45, 2.75) is 13.2 Å². The summed E-state index contributed by atoms with van der Waals surface area (Å²) in [5, 5.41) is 0. The summed E-state index contributed by atoms with van der Waals surface area (Å²) in [6, 6.07) is 9.54. The van der Waals surface area contributed by atoms with Crippen LogP contribution in [0.2, 0.25) is 0 Å². The number of carbonyl (C=O) groups excluding carboxylic acids is 3. The average molecular weight is 425 g/mol. The number of halogens is 1. The summed E-state index contributed by atoms with van der Waals surface area (Å²) in [6.07, 6.45) is -1.82. The topological polar surface area (TPSA) is 79.4 Å². The molecule has 9 heteroatoms. The molecule has 0 aromatic heterocycles. The molecular weight excluding hydrogens is 405 g/mol. The maximum Gasteiger partial charge on any atom is 0.416 e. The van der Waals surface area contributed by atoms with Gasteiger partial charge in [0.1, 0.15) is 5.82 Å². The Labute approximate surface area is 177 Å². The Morgan fingerprint density at radius 1 is 1.03 bits per heavy atom. The number of nitrogens with zero attached hydrogens (tertiary/aromatic N) is 3. The molecule has 0 N–H and O–H groups in total. The lowest BCUT2D eigenvalue weighted by Gasteiger charge is -2.29. The maximum atomic E-state index is 14.8. The van der Waals surface area contributed by atoms with Crippen molar-refractivity contribution >= 4 is 29.3 Å². The fraction of sp³-hybridized carbons (Fsp3) is 0.318. The van der Waals surface area contributed by atoms with Crippen molar-refractivity contribution in [2.24, 2.45) is 0 Å². The molecule has 2 fully saturated rings. The monoisotopic (exact) mass is 425 g/mol. The van der Waals surface area contributed by atoms with Crippen molar-refractivity contribution in [3.63, 3.8) is 0 Å². The van der Waals surface area contributed by atoms with Crippen LogP contribution < -0.4 is 9.80 Å². The molecule has 0 bridgehead atoms. The number of benzene rings is 2. The normalized spacial score (nSPS) is 21.0. The third-order valence-corrected chi connectivity index (χ3v) is 5.83. The summed E-state index contributed by atoms with van der Waals surface area (Å²) < 4.78 is 25.4. The van der Waals surface area contributed by atoms with E-state index in [1.54, 1.807) is 37.3 Å². The molecule has 31 heavy (non-hydrogen) atoms. The molecule has 0 saturated carbocycles. The number of fused-ring (bicyclic) bond motifs is 1. The number of amides is 3. The van der Waals surface area contributed by atoms with E-state index in [0.29, 0.717) is 54.4 Å². The highest BCUT2D eigenvalue weighted by molar-refractivity contribution is 6.22. The van der Waals surface area contributed by atoms with Crippen LogP contribution in [0.3, 0.4) is 0 Å². The summed E-state index contributed by atoms with van der Waals surface area (Å²) in [5.41, 5.74) is 2.03. The highest BCUT2D eigenvalue weighted by atomic mass is 19.1. The summed E-state index contributed by atoms with van der Waals surface area (Å²) in [6.45, 7) is 3.91. The fourth-order valence-electron chi connectivity index (χ4n) is 4.25. The van der Waals surface area contributed by atoms with Gasteiger partial charge in [-0.1, -0.05) is 12.1 Å². The molecule has 2 aromatic rings. The molecule has 0 radical (unpaired) electrons. The molecule has 3 heterocycles. The molecule has 0 unspecified atom stereocenters. The fourth-order valence-corrected chi connectivity index (χ4v) is 4.25. The molecule has 2 saturated heterocycles. The van der Waals surface area contributed by atoms with Gasteiger partial charge in [-0.2, -0.15) is 0 Å². The lowest BCUT2D eigenvalue weighted by molar-refractivity contribution is 0.0230. The van der Waals surface area contributed by atoms with E-state index in [2.05, 4.69) is 0 Å². The largest absolute Gasteiger partial charge is 0.422 e. The molecule has 3 aliphatic heterocycles. The van der Waals surface area contributed by atoms with Crippen molar-refractivity contribution in [3.8, 4) is 0 Å². The predicted molar refractivity (Wildman–Crippen MR) is 109 cm³/mol. The van der Waals surface area contributed by atoms with Crippen LogP contribution in [-0.4, -0.2) is 61.9 Å². The Kier molecular flexibility index (Phi) is 4.62. The molecule has 8 nitrogen and oxygen atoms in total. The number of anilines is 2. The van der Waals surface area contributed by atoms with Gasteiger partial charge >= 0.3 is 6.09 Å². The molecule has 3 amide bonds. The first-order valence-electron chi connectivity index (χ1n) is 10.0. The highest BCUT2D eigenvalue weighted by Crippen LogP contribution is 2.33. The summed E-state index contributed by atoms with van der Waals surface area (Å²) in [4.78, 5) is 42.2. The Bertz CT molecular complexity index is 1100. The molecule has 160 valence electrons. The molecule has 2 aromatic carbocycles. The SMILES string of the molecule is Cc1cccc2c1C(=O)N([C@@H]1CN(c3ccc(N4CCOCC4)c(F)c3)C(=O)O1)C2=O. The summed E-state index contributed by atoms with van der Waals surface area (Å²) in [7, 11) is 0. The number of hydrogen-bond donors (Lipinski definition) is 0. The van der Waals surface area contributed by atoms with Gasteiger partial charge in [-0.05, 0) is 36.8 Å². The van der Waals surface area contributed by atoms with E-state index in [1.807, 2.05) is 4.90 Å². The van der Waals surface area contributed by atoms with Gasteiger partial charge in [0.15, 0.2) is 0 Å². The summed E-state index contributed by atoms with van der Waals surface area (Å²) >= 11 is 0. The van der Waals surface area contributed by atoms with Crippen LogP contribution in [-0.2, 0) is 9.47 Å². The third-order valence-electron chi connectivity index (χ3n) is 5.83. The van der Waals surface area contributed by atoms with E-state index in [0.717, 1.165) is 4.90 Å². The van der Waals surface area contributed by atoms with Gasteiger partial charge in [0.2, 0.25) is 6.23 Å². The number of rotatable bonds is 3. The average Bonchev–Trinajstić information content (AvgIpc) is 3.26. The number of hydrogen-bond acceptors (Lipinski definition) is 6. The minimum absolute atomic E-state index is 0.0698. The zero-order valence-electron chi connectivity index (χ0n) is 16.8. The van der Waals surface area contributed by atoms with Crippen molar-refractivity contribution in [1.29, 1.82) is 0 Å². The standard InChI is InChI=1S/C22H20FN3O5/c1-13-3-2-4-15-19(13)21(28)26(20(15)27)18-12-25(22(29)31-18)14-5-6-17(16(23)11-14)24-7-9-30-10-8-24/h2-6,11,18H,7-10,12H2,1H3/t18-/m0/s1. The van der Waals surface area contributed by atoms with Gasteiger partial charge in [0.25, 0.3) is 11.8 Å². The van der Waals surface area contributed by atoms with E-state index in [1.165, 1.54) is 11.0 Å². The molecule has 1 atom stereocenters. The third kappa shape index (κ3) is 3.12. The molecular formula is C22H20FN3O5. The van der Waals surface area contributed by atoms with Crippen LogP contribution >= 0.6 is 0 Å². The predicted octanol–water partition coefficient (Wildman–Crippen LogP) is 2.55. The van der Waals surface area contributed by atoms with Crippen LogP contribution in [0.25, 0.3) is 0 Å². The second-order valence-electron chi connectivity index (χ2n) is 7.66. The van der Waals surface area contributed by atoms with Crippen LogP contribution in [0.4, 0.5) is 20.6 Å². The quantitative estimate of drug-likeness (QED) is 0.704. The van der Waals surface area contributed by atoms with E-state index in [-0.39, 0.29) is 6.54 Å². The minimum Gasteiger partial charge on any atom is -0.422 e. The molecule has 3 aliphatic rings. The Morgan fingerprint density at radius 2 is 1.81 bits per heavy atom. The number of ether oxygens (including phenoxy) is 2. The lowest BCUT2D eigenvalue weighted by atomic mass is 10.0. The number of morpholine rings is 1. The smallest absolute Gasteiger partial charge is 0.416 e. The molecule has 5 rings (SSSR count). The Hall–Kier alpha value is -3.46. The second-order valence-corrected chi connectivity index (χ2v) is 7.66. The van der Waals surface area contributed by atoms with Gasteiger partial charge in [-0.15, -0.1) is 0 Å². The van der Waals surface area contributed by atoms with Crippen LogP contribution in [0.5, 0.6) is 0 Å². The lowest BCUT2D eigenvalue weighted by Crippen LogP contribution is -2.42. The van der Waals surface area contributed by atoms with Crippen molar-refractivity contribution in [2.75, 3.05) is 42.6 Å². The Balaban J connectivity index is 1.37. The van der Waals surface area contributed by atoms with Gasteiger partial charge < -0.3 is 14.4 Å². The van der Waals surface area contributed by atoms with Gasteiger partial charge in [-0.3, -0.25) is 14.5 Å². The zero-order chi connectivity index (χ0) is 21.7. The first-order valence-corrected chi connectivity index (χ1v) is 10.0. The number of carbonyl (C=O) groups is 3. The van der Waals surface area contributed by atoms with Gasteiger partial charge in [-0.25, -0.2) is 14.1 Å². The zero-order valence-corrected chi connectivity index (χ0v) is 16.8. The molecule has 0 spiro atoms. The van der Waals surface area contributed by atoms with Gasteiger partial charge in [0, 0.05) is 13.1 Å². The van der Waals surface area contributed by atoms with Crippen molar-refractivity contribution < 1.29 is 28.2 Å². The van der Waals surface area contributed by atoms with Gasteiger partial charge in [0.05, 0.1) is 42.3 Å².